The van der Waals surface area contributed by atoms with E-state index in [1.54, 1.807) is 4.90 Å². The van der Waals surface area contributed by atoms with E-state index in [1.807, 2.05) is 12.1 Å². The van der Waals surface area contributed by atoms with Gasteiger partial charge < -0.3 is 10.2 Å². The number of likely N-dealkylation sites (tertiary alicyclic amines) is 1. The Hall–Kier alpha value is -2.25. The molecule has 0 spiro atoms. The SMILES string of the molecule is O=C1CCC(N2Cc3ccc(CN4CC5CCC(C4)N5)cc3C2=O)C(=O)N1. The van der Waals surface area contributed by atoms with E-state index in [-0.39, 0.29) is 24.1 Å². The number of nitrogens with one attached hydrogen (secondary N) is 2. The van der Waals surface area contributed by atoms with Crippen molar-refractivity contribution in [3.8, 4) is 0 Å². The third-order valence-electron chi connectivity index (χ3n) is 6.29. The van der Waals surface area contributed by atoms with Gasteiger partial charge in [-0.05, 0) is 36.5 Å². The van der Waals surface area contributed by atoms with Gasteiger partial charge in [-0.25, -0.2) is 0 Å². The maximum Gasteiger partial charge on any atom is 0.255 e. The van der Waals surface area contributed by atoms with Crippen molar-refractivity contribution in [3.63, 3.8) is 0 Å². The first kappa shape index (κ1) is 16.9. The number of hydrogen-bond acceptors (Lipinski definition) is 5. The van der Waals surface area contributed by atoms with Gasteiger partial charge in [0.2, 0.25) is 11.8 Å². The highest BCUT2D eigenvalue weighted by atomic mass is 16.2. The topological polar surface area (TPSA) is 81.8 Å². The van der Waals surface area contributed by atoms with Crippen LogP contribution in [-0.2, 0) is 22.7 Å². The van der Waals surface area contributed by atoms with Crippen LogP contribution in [0.25, 0.3) is 0 Å². The van der Waals surface area contributed by atoms with Crippen molar-refractivity contribution in [2.75, 3.05) is 13.1 Å². The Kier molecular flexibility index (Phi) is 4.02. The lowest BCUT2D eigenvalue weighted by atomic mass is 10.0. The minimum Gasteiger partial charge on any atom is -0.322 e. The van der Waals surface area contributed by atoms with Gasteiger partial charge in [-0.15, -0.1) is 0 Å². The maximum absolute atomic E-state index is 12.9. The zero-order valence-electron chi connectivity index (χ0n) is 15.2. The third-order valence-corrected chi connectivity index (χ3v) is 6.29. The van der Waals surface area contributed by atoms with Crippen molar-refractivity contribution in [1.82, 2.24) is 20.4 Å². The van der Waals surface area contributed by atoms with Crippen LogP contribution in [0.1, 0.15) is 47.2 Å². The maximum atomic E-state index is 12.9. The Morgan fingerprint density at radius 2 is 1.81 bits per heavy atom. The molecule has 0 aliphatic carbocycles. The predicted molar refractivity (Wildman–Crippen MR) is 97.7 cm³/mol. The summed E-state index contributed by atoms with van der Waals surface area (Å²) in [5, 5.41) is 5.99. The number of amides is 3. The standard InChI is InChI=1S/C20H24N4O3/c25-18-6-5-17(19(26)22-18)24-9-13-2-1-12(7-16(13)20(24)27)8-23-10-14-3-4-15(11-23)21-14/h1-2,7,14-15,17,21H,3-6,8-11H2,(H,22,25,26). The minimum atomic E-state index is -0.546. The molecule has 3 unspecified atom stereocenters. The number of piperazine rings is 1. The van der Waals surface area contributed by atoms with Crippen molar-refractivity contribution in [1.29, 1.82) is 0 Å². The molecule has 142 valence electrons. The number of rotatable bonds is 3. The van der Waals surface area contributed by atoms with Crippen LogP contribution >= 0.6 is 0 Å². The molecule has 7 heteroatoms. The molecule has 2 N–H and O–H groups in total. The second-order valence-electron chi connectivity index (χ2n) is 8.22. The largest absolute Gasteiger partial charge is 0.322 e. The van der Waals surface area contributed by atoms with E-state index in [0.29, 0.717) is 30.6 Å². The monoisotopic (exact) mass is 368 g/mol. The van der Waals surface area contributed by atoms with Crippen molar-refractivity contribution in [2.45, 2.75) is 56.9 Å². The van der Waals surface area contributed by atoms with Gasteiger partial charge in [0, 0.05) is 50.2 Å². The summed E-state index contributed by atoms with van der Waals surface area (Å²) in [6, 6.07) is 6.77. The van der Waals surface area contributed by atoms with Gasteiger partial charge >= 0.3 is 0 Å². The highest BCUT2D eigenvalue weighted by molar-refractivity contribution is 6.05. The highest BCUT2D eigenvalue weighted by Crippen LogP contribution is 2.29. The van der Waals surface area contributed by atoms with Crippen molar-refractivity contribution in [2.24, 2.45) is 0 Å². The third kappa shape index (κ3) is 3.04. The molecule has 3 atom stereocenters. The average Bonchev–Trinajstić information content (AvgIpc) is 3.15. The first-order valence-electron chi connectivity index (χ1n) is 9.82. The Balaban J connectivity index is 1.31. The lowest BCUT2D eigenvalue weighted by molar-refractivity contribution is -0.136. The van der Waals surface area contributed by atoms with Gasteiger partial charge in [-0.3, -0.25) is 24.6 Å². The summed E-state index contributed by atoms with van der Waals surface area (Å²) in [6.45, 7) is 3.42. The quantitative estimate of drug-likeness (QED) is 0.754. The highest BCUT2D eigenvalue weighted by Gasteiger charge is 2.39. The molecule has 0 aromatic heterocycles. The molecule has 4 heterocycles. The Labute approximate surface area is 158 Å². The van der Waals surface area contributed by atoms with Gasteiger partial charge in [-0.2, -0.15) is 0 Å². The summed E-state index contributed by atoms with van der Waals surface area (Å²) >= 11 is 0. The average molecular weight is 368 g/mol. The Morgan fingerprint density at radius 1 is 1.04 bits per heavy atom. The van der Waals surface area contributed by atoms with Crippen LogP contribution in [0.2, 0.25) is 0 Å². The van der Waals surface area contributed by atoms with Crippen LogP contribution in [0.15, 0.2) is 18.2 Å². The number of carbonyl (C=O) groups excluding carboxylic acids is 3. The molecule has 3 saturated heterocycles. The number of benzene rings is 1. The number of imide groups is 1. The van der Waals surface area contributed by atoms with E-state index in [1.165, 1.54) is 12.8 Å². The summed E-state index contributed by atoms with van der Waals surface area (Å²) in [6.07, 6.45) is 3.20. The van der Waals surface area contributed by atoms with E-state index in [0.717, 1.165) is 30.8 Å². The summed E-state index contributed by atoms with van der Waals surface area (Å²) < 4.78 is 0. The van der Waals surface area contributed by atoms with Gasteiger partial charge in [0.25, 0.3) is 5.91 Å². The lowest BCUT2D eigenvalue weighted by Crippen LogP contribution is -2.52. The summed E-state index contributed by atoms with van der Waals surface area (Å²) in [4.78, 5) is 40.5. The van der Waals surface area contributed by atoms with Crippen LogP contribution in [0, 0.1) is 0 Å². The number of carbonyl (C=O) groups is 3. The molecule has 0 radical (unpaired) electrons. The molecule has 1 aromatic carbocycles. The smallest absolute Gasteiger partial charge is 0.255 e. The van der Waals surface area contributed by atoms with Crippen molar-refractivity contribution < 1.29 is 14.4 Å². The molecule has 5 rings (SSSR count). The van der Waals surface area contributed by atoms with E-state index in [4.69, 9.17) is 0 Å². The fourth-order valence-corrected chi connectivity index (χ4v) is 4.98. The van der Waals surface area contributed by atoms with Crippen LogP contribution < -0.4 is 10.6 Å². The first-order chi connectivity index (χ1) is 13.1. The molecule has 4 aliphatic rings. The summed E-state index contributed by atoms with van der Waals surface area (Å²) in [7, 11) is 0. The molecule has 7 nitrogen and oxygen atoms in total. The molecule has 3 amide bonds. The van der Waals surface area contributed by atoms with E-state index in [9.17, 15) is 14.4 Å². The number of hydrogen-bond donors (Lipinski definition) is 2. The molecule has 1 aromatic rings. The predicted octanol–water partition coefficient (Wildman–Crippen LogP) is 0.384. The van der Waals surface area contributed by atoms with Gasteiger partial charge in [0.05, 0.1) is 0 Å². The second kappa shape index (κ2) is 6.42. The molecule has 3 fully saturated rings. The normalized spacial score (nSPS) is 30.6. The molecule has 2 bridgehead atoms. The summed E-state index contributed by atoms with van der Waals surface area (Å²) in [5.74, 6) is -0.710. The fourth-order valence-electron chi connectivity index (χ4n) is 4.98. The van der Waals surface area contributed by atoms with Crippen molar-refractivity contribution in [3.05, 3.63) is 34.9 Å². The molecule has 27 heavy (non-hydrogen) atoms. The number of fused-ring (bicyclic) bond motifs is 3. The van der Waals surface area contributed by atoms with E-state index < -0.39 is 6.04 Å². The molecule has 0 saturated carbocycles. The minimum absolute atomic E-state index is 0.0956. The zero-order chi connectivity index (χ0) is 18.5. The molecular weight excluding hydrogens is 344 g/mol. The molecular formula is C20H24N4O3. The second-order valence-corrected chi connectivity index (χ2v) is 8.22. The number of piperidine rings is 1. The first-order valence-corrected chi connectivity index (χ1v) is 9.82. The van der Waals surface area contributed by atoms with Crippen LogP contribution in [-0.4, -0.2) is 58.7 Å². The van der Waals surface area contributed by atoms with E-state index in [2.05, 4.69) is 21.6 Å². The van der Waals surface area contributed by atoms with Crippen molar-refractivity contribution >= 4 is 17.7 Å². The molecule has 4 aliphatic heterocycles. The van der Waals surface area contributed by atoms with E-state index >= 15 is 0 Å². The van der Waals surface area contributed by atoms with Gasteiger partial charge in [0.1, 0.15) is 6.04 Å². The van der Waals surface area contributed by atoms with Gasteiger partial charge in [-0.1, -0.05) is 12.1 Å². The lowest BCUT2D eigenvalue weighted by Gasteiger charge is -2.32. The van der Waals surface area contributed by atoms with Crippen LogP contribution in [0.4, 0.5) is 0 Å². The summed E-state index contributed by atoms with van der Waals surface area (Å²) in [5.41, 5.74) is 2.82. The Bertz CT molecular complexity index is 811. The zero-order valence-corrected chi connectivity index (χ0v) is 15.2. The van der Waals surface area contributed by atoms with Crippen LogP contribution in [0.5, 0.6) is 0 Å². The Morgan fingerprint density at radius 3 is 2.56 bits per heavy atom. The van der Waals surface area contributed by atoms with Crippen LogP contribution in [0.3, 0.4) is 0 Å². The van der Waals surface area contributed by atoms with Gasteiger partial charge in [0.15, 0.2) is 0 Å². The fraction of sp³-hybridized carbons (Fsp3) is 0.550. The number of nitrogens with zero attached hydrogens (tertiary/aromatic N) is 2.